The molecule has 0 bridgehead atoms. The highest BCUT2D eigenvalue weighted by Gasteiger charge is 2.23. The maximum absolute atomic E-state index is 9.10. The number of β-amino-alcohol motifs (C(OH)–C–C–N with tert-alkyl or cyclic N) is 1. The molecule has 11 heavy (non-hydrogen) atoms. The normalized spacial score (nSPS) is 29.2. The molecule has 0 aliphatic carbocycles. The molecule has 0 amide bonds. The SMILES string of the molecule is CC(O)CN1CCC[C@H]1CO. The maximum Gasteiger partial charge on any atom is 0.0639 e. The lowest BCUT2D eigenvalue weighted by Gasteiger charge is -2.23. The molecule has 66 valence electrons. The average Bonchev–Trinajstić information content (AvgIpc) is 2.34. The van der Waals surface area contributed by atoms with Crippen LogP contribution in [0.1, 0.15) is 19.8 Å². The molecule has 0 aromatic carbocycles. The first-order chi connectivity index (χ1) is 5.24. The average molecular weight is 159 g/mol. The molecular formula is C8H17NO2. The Morgan fingerprint density at radius 3 is 2.91 bits per heavy atom. The van der Waals surface area contributed by atoms with Gasteiger partial charge in [0.25, 0.3) is 0 Å². The molecule has 0 spiro atoms. The Kier molecular flexibility index (Phi) is 3.30. The molecule has 1 rings (SSSR count). The predicted octanol–water partition coefficient (Wildman–Crippen LogP) is -0.176. The molecule has 2 atom stereocenters. The van der Waals surface area contributed by atoms with Crippen molar-refractivity contribution in [2.24, 2.45) is 0 Å². The minimum atomic E-state index is -0.276. The predicted molar refractivity (Wildman–Crippen MR) is 43.4 cm³/mol. The number of likely N-dealkylation sites (tertiary alicyclic amines) is 1. The molecule has 2 N–H and O–H groups in total. The van der Waals surface area contributed by atoms with Crippen LogP contribution < -0.4 is 0 Å². The second-order valence-corrected chi connectivity index (χ2v) is 3.32. The summed E-state index contributed by atoms with van der Waals surface area (Å²) in [5.41, 5.74) is 0. The smallest absolute Gasteiger partial charge is 0.0639 e. The Labute approximate surface area is 67.6 Å². The summed E-state index contributed by atoms with van der Waals surface area (Å²) < 4.78 is 0. The molecule has 0 saturated carbocycles. The van der Waals surface area contributed by atoms with Crippen LogP contribution in [0.15, 0.2) is 0 Å². The zero-order valence-corrected chi connectivity index (χ0v) is 7.03. The van der Waals surface area contributed by atoms with E-state index in [1.54, 1.807) is 6.92 Å². The summed E-state index contributed by atoms with van der Waals surface area (Å²) in [6.07, 6.45) is 1.95. The van der Waals surface area contributed by atoms with E-state index in [1.807, 2.05) is 0 Å². The fourth-order valence-corrected chi connectivity index (χ4v) is 1.68. The van der Waals surface area contributed by atoms with E-state index in [0.29, 0.717) is 12.6 Å². The maximum atomic E-state index is 9.10. The molecule has 1 heterocycles. The van der Waals surface area contributed by atoms with Crippen LogP contribution in [0.25, 0.3) is 0 Å². The first-order valence-corrected chi connectivity index (χ1v) is 4.27. The van der Waals surface area contributed by atoms with Crippen molar-refractivity contribution in [3.63, 3.8) is 0 Å². The summed E-state index contributed by atoms with van der Waals surface area (Å²) in [6.45, 7) is 3.74. The van der Waals surface area contributed by atoms with Crippen molar-refractivity contribution in [3.05, 3.63) is 0 Å². The summed E-state index contributed by atoms with van der Waals surface area (Å²) in [5.74, 6) is 0. The molecule has 3 nitrogen and oxygen atoms in total. The van der Waals surface area contributed by atoms with Crippen molar-refractivity contribution >= 4 is 0 Å². The van der Waals surface area contributed by atoms with Crippen LogP contribution in [0.5, 0.6) is 0 Å². The fourth-order valence-electron chi connectivity index (χ4n) is 1.68. The lowest BCUT2D eigenvalue weighted by atomic mass is 10.2. The topological polar surface area (TPSA) is 43.7 Å². The van der Waals surface area contributed by atoms with E-state index in [9.17, 15) is 0 Å². The van der Waals surface area contributed by atoms with Gasteiger partial charge in [-0.15, -0.1) is 0 Å². The van der Waals surface area contributed by atoms with Gasteiger partial charge in [0.05, 0.1) is 12.7 Å². The van der Waals surface area contributed by atoms with Gasteiger partial charge in [0.1, 0.15) is 0 Å². The molecule has 0 aromatic rings. The Balaban J connectivity index is 2.31. The molecule has 3 heteroatoms. The Morgan fingerprint density at radius 2 is 2.36 bits per heavy atom. The second kappa shape index (κ2) is 4.04. The molecule has 0 aromatic heterocycles. The van der Waals surface area contributed by atoms with Crippen molar-refractivity contribution in [2.75, 3.05) is 19.7 Å². The van der Waals surface area contributed by atoms with Gasteiger partial charge in [0.15, 0.2) is 0 Å². The zero-order chi connectivity index (χ0) is 8.27. The van der Waals surface area contributed by atoms with Gasteiger partial charge in [-0.2, -0.15) is 0 Å². The highest BCUT2D eigenvalue weighted by molar-refractivity contribution is 4.79. The van der Waals surface area contributed by atoms with E-state index >= 15 is 0 Å². The second-order valence-electron chi connectivity index (χ2n) is 3.32. The summed E-state index contributed by atoms with van der Waals surface area (Å²) in [5, 5.41) is 18.0. The minimum absolute atomic E-state index is 0.229. The monoisotopic (exact) mass is 159 g/mol. The first kappa shape index (κ1) is 8.97. The molecule has 1 unspecified atom stereocenters. The Morgan fingerprint density at radius 1 is 1.64 bits per heavy atom. The third-order valence-electron chi connectivity index (χ3n) is 2.21. The van der Waals surface area contributed by atoms with Crippen LogP contribution in [0, 0.1) is 0 Å². The van der Waals surface area contributed by atoms with Crippen LogP contribution in [0.3, 0.4) is 0 Å². The van der Waals surface area contributed by atoms with E-state index in [2.05, 4.69) is 4.90 Å². The van der Waals surface area contributed by atoms with Gasteiger partial charge in [-0.1, -0.05) is 0 Å². The third-order valence-corrected chi connectivity index (χ3v) is 2.21. The number of aliphatic hydroxyl groups excluding tert-OH is 2. The Bertz CT molecular complexity index is 117. The van der Waals surface area contributed by atoms with E-state index in [-0.39, 0.29) is 12.7 Å². The summed E-state index contributed by atoms with van der Waals surface area (Å²) >= 11 is 0. The minimum Gasteiger partial charge on any atom is -0.395 e. The first-order valence-electron chi connectivity index (χ1n) is 4.27. The van der Waals surface area contributed by atoms with Crippen LogP contribution in [0.2, 0.25) is 0 Å². The zero-order valence-electron chi connectivity index (χ0n) is 7.03. The number of rotatable bonds is 3. The van der Waals surface area contributed by atoms with Crippen molar-refractivity contribution in [1.82, 2.24) is 4.90 Å². The van der Waals surface area contributed by atoms with Gasteiger partial charge in [-0.05, 0) is 26.3 Å². The highest BCUT2D eigenvalue weighted by atomic mass is 16.3. The third kappa shape index (κ3) is 2.43. The molecule has 1 aliphatic rings. The van der Waals surface area contributed by atoms with Gasteiger partial charge in [0.2, 0.25) is 0 Å². The van der Waals surface area contributed by atoms with Crippen LogP contribution in [-0.2, 0) is 0 Å². The number of hydrogen-bond donors (Lipinski definition) is 2. The van der Waals surface area contributed by atoms with Gasteiger partial charge in [0, 0.05) is 12.6 Å². The van der Waals surface area contributed by atoms with E-state index in [1.165, 1.54) is 0 Å². The molecule has 1 fully saturated rings. The van der Waals surface area contributed by atoms with Crippen molar-refractivity contribution < 1.29 is 10.2 Å². The van der Waals surface area contributed by atoms with E-state index in [4.69, 9.17) is 10.2 Å². The number of nitrogens with zero attached hydrogens (tertiary/aromatic N) is 1. The summed E-state index contributed by atoms with van der Waals surface area (Å²) in [6, 6.07) is 0.296. The van der Waals surface area contributed by atoms with Crippen molar-refractivity contribution in [3.8, 4) is 0 Å². The Hall–Kier alpha value is -0.120. The lowest BCUT2D eigenvalue weighted by molar-refractivity contribution is 0.0948. The summed E-state index contributed by atoms with van der Waals surface area (Å²) in [4.78, 5) is 2.16. The van der Waals surface area contributed by atoms with Crippen LogP contribution in [-0.4, -0.2) is 47.0 Å². The molecular weight excluding hydrogens is 142 g/mol. The number of aliphatic hydroxyl groups is 2. The molecule has 0 radical (unpaired) electrons. The fraction of sp³-hybridized carbons (Fsp3) is 1.00. The number of hydrogen-bond acceptors (Lipinski definition) is 3. The largest absolute Gasteiger partial charge is 0.395 e. The highest BCUT2D eigenvalue weighted by Crippen LogP contribution is 2.16. The van der Waals surface area contributed by atoms with E-state index < -0.39 is 0 Å². The van der Waals surface area contributed by atoms with Gasteiger partial charge in [-0.25, -0.2) is 0 Å². The van der Waals surface area contributed by atoms with Crippen molar-refractivity contribution in [1.29, 1.82) is 0 Å². The molecule has 1 saturated heterocycles. The van der Waals surface area contributed by atoms with Crippen LogP contribution >= 0.6 is 0 Å². The quantitative estimate of drug-likeness (QED) is 0.600. The van der Waals surface area contributed by atoms with E-state index in [0.717, 1.165) is 19.4 Å². The van der Waals surface area contributed by atoms with Crippen LogP contribution in [0.4, 0.5) is 0 Å². The van der Waals surface area contributed by atoms with Gasteiger partial charge >= 0.3 is 0 Å². The lowest BCUT2D eigenvalue weighted by Crippen LogP contribution is -2.37. The standard InChI is InChI=1S/C8H17NO2/c1-7(11)5-9-4-2-3-8(9)6-10/h7-8,10-11H,2-6H2,1H3/t7?,8-/m0/s1. The summed E-state index contributed by atoms with van der Waals surface area (Å²) in [7, 11) is 0. The van der Waals surface area contributed by atoms with Crippen molar-refractivity contribution in [2.45, 2.75) is 31.9 Å². The van der Waals surface area contributed by atoms with Gasteiger partial charge < -0.3 is 10.2 Å². The van der Waals surface area contributed by atoms with Gasteiger partial charge in [-0.3, -0.25) is 4.90 Å². The molecule has 1 aliphatic heterocycles.